The van der Waals surface area contributed by atoms with Crippen molar-refractivity contribution in [3.8, 4) is 6.07 Å². The number of nitrogens with zero attached hydrogens (tertiary/aromatic N) is 2. The van der Waals surface area contributed by atoms with Gasteiger partial charge >= 0.3 is 0 Å². The molecule has 0 heterocycles. The maximum atomic E-state index is 12.1. The average Bonchev–Trinajstić information content (AvgIpc) is 2.47. The summed E-state index contributed by atoms with van der Waals surface area (Å²) in [7, 11) is 0. The lowest BCUT2D eigenvalue weighted by Gasteiger charge is -2.03. The zero-order chi connectivity index (χ0) is 15.8. The lowest BCUT2D eigenvalue weighted by atomic mass is 10.0. The number of ketones is 1. The Balaban J connectivity index is 0.000000677. The first-order valence-corrected chi connectivity index (χ1v) is 6.17. The first-order chi connectivity index (χ1) is 10.0. The van der Waals surface area contributed by atoms with Gasteiger partial charge in [0, 0.05) is 29.7 Å². The summed E-state index contributed by atoms with van der Waals surface area (Å²) >= 11 is 0. The molecular weight excluding hydrogens is 268 g/mol. The summed E-state index contributed by atoms with van der Waals surface area (Å²) in [5.41, 5.74) is 1.55. The van der Waals surface area contributed by atoms with Crippen LogP contribution in [-0.2, 0) is 0 Å². The predicted octanol–water partition coefficient (Wildman–Crippen LogP) is 3.66. The predicted molar refractivity (Wildman–Crippen MR) is 79.0 cm³/mol. The van der Waals surface area contributed by atoms with Crippen LogP contribution in [0.15, 0.2) is 48.5 Å². The number of nitro benzene ring substituents is 1. The molecule has 21 heavy (non-hydrogen) atoms. The van der Waals surface area contributed by atoms with Crippen molar-refractivity contribution < 1.29 is 9.72 Å². The average molecular weight is 282 g/mol. The Morgan fingerprint density at radius 1 is 1.14 bits per heavy atom. The number of nitro groups is 1. The Morgan fingerprint density at radius 2 is 1.71 bits per heavy atom. The van der Waals surface area contributed by atoms with Crippen molar-refractivity contribution in [1.29, 1.82) is 5.26 Å². The first kappa shape index (κ1) is 16.1. The lowest BCUT2D eigenvalue weighted by molar-refractivity contribution is -0.385. The van der Waals surface area contributed by atoms with Gasteiger partial charge < -0.3 is 0 Å². The summed E-state index contributed by atoms with van der Waals surface area (Å²) in [5.74, 6) is -0.131. The van der Waals surface area contributed by atoms with E-state index >= 15 is 0 Å². The molecule has 0 aliphatic carbocycles. The maximum Gasteiger partial charge on any atom is 0.272 e. The minimum absolute atomic E-state index is 0.0274. The number of carbonyl (C=O) groups is 1. The molecule has 0 unspecified atom stereocenters. The molecular formula is C16H14N2O3. The highest BCUT2D eigenvalue weighted by atomic mass is 16.6. The highest BCUT2D eigenvalue weighted by molar-refractivity contribution is 6.09. The Hall–Kier alpha value is -3.00. The van der Waals surface area contributed by atoms with Gasteiger partial charge in [-0.2, -0.15) is 5.26 Å². The molecule has 0 spiro atoms. The maximum absolute atomic E-state index is 12.1. The monoisotopic (exact) mass is 282 g/mol. The molecule has 0 bridgehead atoms. The van der Waals surface area contributed by atoms with Crippen LogP contribution in [0.2, 0.25) is 0 Å². The van der Waals surface area contributed by atoms with Gasteiger partial charge in [-0.1, -0.05) is 30.3 Å². The van der Waals surface area contributed by atoms with Crippen molar-refractivity contribution in [2.24, 2.45) is 0 Å². The number of hydrogen-bond acceptors (Lipinski definition) is 4. The van der Waals surface area contributed by atoms with Crippen molar-refractivity contribution in [3.05, 3.63) is 75.3 Å². The summed E-state index contributed by atoms with van der Waals surface area (Å²) in [6.07, 6.45) is 0. The third-order valence-electron chi connectivity index (χ3n) is 2.69. The molecule has 0 amide bonds. The Morgan fingerprint density at radius 3 is 2.19 bits per heavy atom. The van der Waals surface area contributed by atoms with E-state index in [1.807, 2.05) is 6.07 Å². The Kier molecular flexibility index (Phi) is 5.78. The summed E-state index contributed by atoms with van der Waals surface area (Å²) < 4.78 is 0. The van der Waals surface area contributed by atoms with Crippen LogP contribution >= 0.6 is 0 Å². The molecule has 5 nitrogen and oxygen atoms in total. The number of carbonyl (C=O) groups excluding carboxylic acids is 1. The quantitative estimate of drug-likeness (QED) is 0.488. The summed E-state index contributed by atoms with van der Waals surface area (Å²) in [6, 6.07) is 15.0. The fourth-order valence-electron chi connectivity index (χ4n) is 1.76. The molecule has 0 saturated carbocycles. The van der Waals surface area contributed by atoms with E-state index in [0.717, 1.165) is 0 Å². The van der Waals surface area contributed by atoms with E-state index in [9.17, 15) is 14.9 Å². The molecule has 106 valence electrons. The van der Waals surface area contributed by atoms with E-state index in [4.69, 9.17) is 5.26 Å². The van der Waals surface area contributed by atoms with E-state index in [0.29, 0.717) is 16.7 Å². The van der Waals surface area contributed by atoms with Gasteiger partial charge in [-0.05, 0) is 19.1 Å². The topological polar surface area (TPSA) is 84.0 Å². The van der Waals surface area contributed by atoms with Crippen molar-refractivity contribution in [1.82, 2.24) is 0 Å². The Bertz CT molecular complexity index is 688. The number of benzene rings is 2. The van der Waals surface area contributed by atoms with Crippen LogP contribution < -0.4 is 0 Å². The van der Waals surface area contributed by atoms with Crippen molar-refractivity contribution >= 4 is 11.5 Å². The molecule has 0 atom stereocenters. The van der Waals surface area contributed by atoms with Gasteiger partial charge in [0.25, 0.3) is 5.69 Å². The van der Waals surface area contributed by atoms with Gasteiger partial charge in [0.2, 0.25) is 0 Å². The second kappa shape index (κ2) is 7.56. The van der Waals surface area contributed by atoms with E-state index in [-0.39, 0.29) is 11.5 Å². The zero-order valence-corrected chi connectivity index (χ0v) is 11.7. The molecule has 0 saturated heterocycles. The second-order valence-electron chi connectivity index (χ2n) is 4.18. The Labute approximate surface area is 122 Å². The summed E-state index contributed by atoms with van der Waals surface area (Å²) in [6.45, 7) is 3.06. The molecule has 0 aromatic heterocycles. The van der Waals surface area contributed by atoms with Gasteiger partial charge in [0.1, 0.15) is 0 Å². The van der Waals surface area contributed by atoms with Crippen molar-refractivity contribution in [3.63, 3.8) is 0 Å². The van der Waals surface area contributed by atoms with E-state index in [1.165, 1.54) is 19.1 Å². The molecule has 5 heteroatoms. The standard InChI is InChI=1S/C14H11NO3.C2H3N/c1-10-9-12(7-8-13(10)15(17)18)14(16)11-5-3-2-4-6-11;1-2-3/h2-9H,1H3;1H3. The smallest absolute Gasteiger partial charge is 0.272 e. The normalized spacial score (nSPS) is 9.00. The second-order valence-corrected chi connectivity index (χ2v) is 4.18. The van der Waals surface area contributed by atoms with Crippen molar-refractivity contribution in [2.75, 3.05) is 0 Å². The summed E-state index contributed by atoms with van der Waals surface area (Å²) in [5, 5.41) is 18.0. The minimum atomic E-state index is -0.452. The van der Waals surface area contributed by atoms with Gasteiger partial charge in [-0.25, -0.2) is 0 Å². The van der Waals surface area contributed by atoms with E-state index in [2.05, 4.69) is 0 Å². The number of rotatable bonds is 3. The SMILES string of the molecule is CC#N.Cc1cc(C(=O)c2ccccc2)ccc1[N+](=O)[O-]. The summed E-state index contributed by atoms with van der Waals surface area (Å²) in [4.78, 5) is 22.4. The molecule has 0 radical (unpaired) electrons. The third-order valence-corrected chi connectivity index (χ3v) is 2.69. The van der Waals surface area contributed by atoms with Crippen LogP contribution in [0.25, 0.3) is 0 Å². The minimum Gasteiger partial charge on any atom is -0.289 e. The zero-order valence-electron chi connectivity index (χ0n) is 11.7. The number of aryl methyl sites for hydroxylation is 1. The fraction of sp³-hybridized carbons (Fsp3) is 0.125. The first-order valence-electron chi connectivity index (χ1n) is 6.17. The molecule has 2 rings (SSSR count). The molecule has 2 aromatic carbocycles. The fourth-order valence-corrected chi connectivity index (χ4v) is 1.76. The van der Waals surface area contributed by atoms with Crippen LogP contribution in [0.1, 0.15) is 28.4 Å². The molecule has 0 aliphatic rings. The highest BCUT2D eigenvalue weighted by Gasteiger charge is 2.14. The van der Waals surface area contributed by atoms with E-state index in [1.54, 1.807) is 43.3 Å². The largest absolute Gasteiger partial charge is 0.289 e. The number of nitriles is 1. The van der Waals surface area contributed by atoms with Gasteiger partial charge in [-0.15, -0.1) is 0 Å². The van der Waals surface area contributed by atoms with Gasteiger partial charge in [-0.3, -0.25) is 14.9 Å². The van der Waals surface area contributed by atoms with Crippen LogP contribution in [0.4, 0.5) is 5.69 Å². The van der Waals surface area contributed by atoms with Crippen LogP contribution in [0.3, 0.4) is 0 Å². The van der Waals surface area contributed by atoms with Gasteiger partial charge in [0.15, 0.2) is 5.78 Å². The third kappa shape index (κ3) is 4.25. The lowest BCUT2D eigenvalue weighted by Crippen LogP contribution is -2.02. The highest BCUT2D eigenvalue weighted by Crippen LogP contribution is 2.20. The number of hydrogen-bond donors (Lipinski definition) is 0. The molecule has 0 N–H and O–H groups in total. The van der Waals surface area contributed by atoms with E-state index < -0.39 is 4.92 Å². The van der Waals surface area contributed by atoms with Crippen molar-refractivity contribution in [2.45, 2.75) is 13.8 Å². The van der Waals surface area contributed by atoms with Crippen LogP contribution in [0, 0.1) is 28.4 Å². The van der Waals surface area contributed by atoms with Crippen LogP contribution in [0.5, 0.6) is 0 Å². The molecule has 0 fully saturated rings. The molecule has 0 aliphatic heterocycles. The van der Waals surface area contributed by atoms with Gasteiger partial charge in [0.05, 0.1) is 11.0 Å². The van der Waals surface area contributed by atoms with Crippen LogP contribution in [-0.4, -0.2) is 10.7 Å². The molecule has 2 aromatic rings.